The van der Waals surface area contributed by atoms with Gasteiger partial charge in [-0.3, -0.25) is 4.79 Å². The van der Waals surface area contributed by atoms with Crippen LogP contribution in [0.3, 0.4) is 0 Å². The third kappa shape index (κ3) is 2.56. The fourth-order valence-corrected chi connectivity index (χ4v) is 1.62. The van der Waals surface area contributed by atoms with E-state index in [-0.39, 0.29) is 17.5 Å². The third-order valence-electron chi connectivity index (χ3n) is 2.27. The van der Waals surface area contributed by atoms with Gasteiger partial charge >= 0.3 is 0 Å². The van der Waals surface area contributed by atoms with Gasteiger partial charge in [0.25, 0.3) is 5.91 Å². The van der Waals surface area contributed by atoms with Crippen LogP contribution in [0.2, 0.25) is 0 Å². The second kappa shape index (κ2) is 4.75. The molecule has 0 atom stereocenters. The average Bonchev–Trinajstić information content (AvgIpc) is 2.15. The van der Waals surface area contributed by atoms with Crippen molar-refractivity contribution in [1.29, 1.82) is 0 Å². The van der Waals surface area contributed by atoms with E-state index < -0.39 is 5.82 Å². The maximum atomic E-state index is 13.4. The molecule has 4 heteroatoms. The monoisotopic (exact) mass is 273 g/mol. The molecule has 0 unspecified atom stereocenters. The topological polar surface area (TPSA) is 20.3 Å². The lowest BCUT2D eigenvalue weighted by Gasteiger charge is -2.22. The second-order valence-electron chi connectivity index (χ2n) is 3.61. The predicted octanol–water partition coefficient (Wildman–Crippen LogP) is 3.07. The molecule has 0 aliphatic heterocycles. The van der Waals surface area contributed by atoms with Crippen LogP contribution in [-0.2, 0) is 0 Å². The minimum atomic E-state index is -0.498. The van der Waals surface area contributed by atoms with Crippen molar-refractivity contribution < 1.29 is 9.18 Å². The van der Waals surface area contributed by atoms with Gasteiger partial charge < -0.3 is 4.90 Å². The van der Waals surface area contributed by atoms with Crippen LogP contribution >= 0.6 is 15.9 Å². The van der Waals surface area contributed by atoms with Crippen LogP contribution in [0.15, 0.2) is 22.7 Å². The molecule has 15 heavy (non-hydrogen) atoms. The summed E-state index contributed by atoms with van der Waals surface area (Å²) in [5.41, 5.74) is 0.0914. The zero-order valence-corrected chi connectivity index (χ0v) is 10.5. The molecule has 0 saturated carbocycles. The van der Waals surface area contributed by atoms with Gasteiger partial charge in [0.15, 0.2) is 0 Å². The Hall–Kier alpha value is -0.900. The lowest BCUT2D eigenvalue weighted by Crippen LogP contribution is -2.33. The Bertz CT molecular complexity index is 359. The molecule has 0 heterocycles. The SMILES string of the molecule is CC(C)N(C)C(=O)c1c(F)cccc1Br. The number of halogens is 2. The lowest BCUT2D eigenvalue weighted by atomic mass is 10.1. The van der Waals surface area contributed by atoms with Crippen LogP contribution in [0, 0.1) is 5.82 Å². The lowest BCUT2D eigenvalue weighted by molar-refractivity contribution is 0.0749. The molecule has 0 fully saturated rings. The minimum Gasteiger partial charge on any atom is -0.339 e. The number of rotatable bonds is 2. The normalized spacial score (nSPS) is 10.5. The maximum Gasteiger partial charge on any atom is 0.257 e. The Morgan fingerprint density at radius 3 is 2.53 bits per heavy atom. The molecule has 0 aromatic heterocycles. The molecule has 0 aliphatic rings. The highest BCUT2D eigenvalue weighted by Crippen LogP contribution is 2.21. The molecule has 0 aliphatic carbocycles. The fraction of sp³-hybridized carbons (Fsp3) is 0.364. The summed E-state index contributed by atoms with van der Waals surface area (Å²) in [5.74, 6) is -0.808. The van der Waals surface area contributed by atoms with Gasteiger partial charge in [-0.05, 0) is 41.9 Å². The van der Waals surface area contributed by atoms with Gasteiger partial charge in [0.2, 0.25) is 0 Å². The van der Waals surface area contributed by atoms with Gasteiger partial charge in [-0.15, -0.1) is 0 Å². The Morgan fingerprint density at radius 2 is 2.07 bits per heavy atom. The summed E-state index contributed by atoms with van der Waals surface area (Å²) < 4.78 is 13.9. The summed E-state index contributed by atoms with van der Waals surface area (Å²) in [6.07, 6.45) is 0. The summed E-state index contributed by atoms with van der Waals surface area (Å²) in [6.45, 7) is 3.76. The molecule has 1 amide bonds. The van der Waals surface area contributed by atoms with Crippen LogP contribution in [0.5, 0.6) is 0 Å². The molecule has 1 rings (SSSR count). The molecule has 0 spiro atoms. The third-order valence-corrected chi connectivity index (χ3v) is 2.93. The second-order valence-corrected chi connectivity index (χ2v) is 4.46. The number of hydrogen-bond acceptors (Lipinski definition) is 1. The molecule has 2 nitrogen and oxygen atoms in total. The van der Waals surface area contributed by atoms with E-state index in [0.717, 1.165) is 0 Å². The highest BCUT2D eigenvalue weighted by atomic mass is 79.9. The zero-order valence-electron chi connectivity index (χ0n) is 8.92. The van der Waals surface area contributed by atoms with Crippen molar-refractivity contribution in [2.24, 2.45) is 0 Å². The molecular formula is C11H13BrFNO. The molecule has 82 valence electrons. The number of nitrogens with zero attached hydrogens (tertiary/aromatic N) is 1. The van der Waals surface area contributed by atoms with Gasteiger partial charge in [-0.2, -0.15) is 0 Å². The van der Waals surface area contributed by atoms with E-state index in [4.69, 9.17) is 0 Å². The zero-order chi connectivity index (χ0) is 11.6. The van der Waals surface area contributed by atoms with Crippen LogP contribution in [0.1, 0.15) is 24.2 Å². The Balaban J connectivity index is 3.11. The van der Waals surface area contributed by atoms with Crippen LogP contribution < -0.4 is 0 Å². The largest absolute Gasteiger partial charge is 0.339 e. The van der Waals surface area contributed by atoms with Gasteiger partial charge in [0.05, 0.1) is 5.56 Å². The molecule has 0 saturated heterocycles. The molecule has 0 radical (unpaired) electrons. The van der Waals surface area contributed by atoms with Crippen molar-refractivity contribution in [3.63, 3.8) is 0 Å². The smallest absolute Gasteiger partial charge is 0.257 e. The van der Waals surface area contributed by atoms with E-state index in [1.165, 1.54) is 11.0 Å². The van der Waals surface area contributed by atoms with Crippen LogP contribution in [0.25, 0.3) is 0 Å². The van der Waals surface area contributed by atoms with E-state index in [2.05, 4.69) is 15.9 Å². The number of amides is 1. The fourth-order valence-electron chi connectivity index (χ4n) is 1.11. The first-order valence-electron chi connectivity index (χ1n) is 4.66. The Morgan fingerprint density at radius 1 is 1.47 bits per heavy atom. The summed E-state index contributed by atoms with van der Waals surface area (Å²) in [5, 5.41) is 0. The van der Waals surface area contributed by atoms with Crippen LogP contribution in [0.4, 0.5) is 4.39 Å². The molecule has 1 aromatic carbocycles. The standard InChI is InChI=1S/C11H13BrFNO/c1-7(2)14(3)11(15)10-8(12)5-4-6-9(10)13/h4-7H,1-3H3. The Labute approximate surface area is 97.2 Å². The first-order chi connectivity index (χ1) is 6.95. The summed E-state index contributed by atoms with van der Waals surface area (Å²) in [4.78, 5) is 13.4. The number of hydrogen-bond donors (Lipinski definition) is 0. The summed E-state index contributed by atoms with van der Waals surface area (Å²) in [7, 11) is 1.66. The Kier molecular flexibility index (Phi) is 3.85. The van der Waals surface area contributed by atoms with Crippen molar-refractivity contribution in [2.75, 3.05) is 7.05 Å². The first-order valence-corrected chi connectivity index (χ1v) is 5.45. The van der Waals surface area contributed by atoms with Crippen molar-refractivity contribution >= 4 is 21.8 Å². The van der Waals surface area contributed by atoms with E-state index in [9.17, 15) is 9.18 Å². The maximum absolute atomic E-state index is 13.4. The van der Waals surface area contributed by atoms with Crippen molar-refractivity contribution in [2.45, 2.75) is 19.9 Å². The molecule has 0 N–H and O–H groups in total. The van der Waals surface area contributed by atoms with Crippen molar-refractivity contribution in [3.05, 3.63) is 34.1 Å². The highest BCUT2D eigenvalue weighted by molar-refractivity contribution is 9.10. The van der Waals surface area contributed by atoms with Crippen molar-refractivity contribution in [3.8, 4) is 0 Å². The van der Waals surface area contributed by atoms with Gasteiger partial charge in [0.1, 0.15) is 5.82 Å². The molecular weight excluding hydrogens is 261 g/mol. The van der Waals surface area contributed by atoms with E-state index >= 15 is 0 Å². The van der Waals surface area contributed by atoms with Crippen molar-refractivity contribution in [1.82, 2.24) is 4.90 Å². The predicted molar refractivity (Wildman–Crippen MR) is 61.3 cm³/mol. The van der Waals surface area contributed by atoms with Crippen LogP contribution in [-0.4, -0.2) is 23.9 Å². The molecule has 0 bridgehead atoms. The summed E-state index contributed by atoms with van der Waals surface area (Å²) >= 11 is 3.18. The quantitative estimate of drug-likeness (QED) is 0.811. The number of benzene rings is 1. The van der Waals surface area contributed by atoms with Gasteiger partial charge in [-0.25, -0.2) is 4.39 Å². The molecule has 1 aromatic rings. The van der Waals surface area contributed by atoms with E-state index in [1.807, 2.05) is 13.8 Å². The minimum absolute atomic E-state index is 0.0454. The van der Waals surface area contributed by atoms with E-state index in [1.54, 1.807) is 19.2 Å². The highest BCUT2D eigenvalue weighted by Gasteiger charge is 2.20. The number of carbonyl (C=O) groups excluding carboxylic acids is 1. The number of carbonyl (C=O) groups is 1. The first kappa shape index (κ1) is 12.2. The van der Waals surface area contributed by atoms with Gasteiger partial charge in [-0.1, -0.05) is 6.07 Å². The summed E-state index contributed by atoms with van der Waals surface area (Å²) in [6, 6.07) is 4.55. The van der Waals surface area contributed by atoms with E-state index in [0.29, 0.717) is 4.47 Å². The average molecular weight is 274 g/mol. The van der Waals surface area contributed by atoms with Gasteiger partial charge in [0, 0.05) is 17.6 Å².